The molecule has 1 aliphatic rings. The van der Waals surface area contributed by atoms with Gasteiger partial charge in [-0.05, 0) is 46.7 Å². The summed E-state index contributed by atoms with van der Waals surface area (Å²) in [6.07, 6.45) is 1.52. The summed E-state index contributed by atoms with van der Waals surface area (Å²) in [4.78, 5) is -0.480. The van der Waals surface area contributed by atoms with Crippen molar-refractivity contribution in [3.05, 3.63) is 28.2 Å². The molecule has 0 unspecified atom stereocenters. The Labute approximate surface area is 132 Å². The number of sulfonamides is 1. The van der Waals surface area contributed by atoms with Crippen LogP contribution in [0.4, 0.5) is 8.78 Å². The summed E-state index contributed by atoms with van der Waals surface area (Å²) < 4.78 is 53.3. The van der Waals surface area contributed by atoms with E-state index in [0.717, 1.165) is 18.9 Å². The molecule has 3 nitrogen and oxygen atoms in total. The van der Waals surface area contributed by atoms with Crippen LogP contribution in [-0.4, -0.2) is 25.8 Å². The largest absolute Gasteiger partial charge is 0.247 e. The highest BCUT2D eigenvalue weighted by molar-refractivity contribution is 9.10. The standard InChI is InChI=1S/C14H18BrF2NO2S/c1-9(2)10-3-5-18(6-4-10)21(19,20)14-12(15)7-11(16)8-13(14)17/h7-10H,3-6H2,1-2H3. The van der Waals surface area contributed by atoms with Gasteiger partial charge in [0.25, 0.3) is 0 Å². The fraction of sp³-hybridized carbons (Fsp3) is 0.571. The van der Waals surface area contributed by atoms with Crippen molar-refractivity contribution in [3.63, 3.8) is 0 Å². The van der Waals surface area contributed by atoms with Crippen LogP contribution in [-0.2, 0) is 10.0 Å². The van der Waals surface area contributed by atoms with E-state index in [2.05, 4.69) is 29.8 Å². The van der Waals surface area contributed by atoms with Gasteiger partial charge in [0.05, 0.1) is 0 Å². The molecule has 1 fully saturated rings. The molecule has 1 aliphatic heterocycles. The van der Waals surface area contributed by atoms with Crippen LogP contribution in [0.25, 0.3) is 0 Å². The van der Waals surface area contributed by atoms with Crippen LogP contribution in [0.15, 0.2) is 21.5 Å². The number of rotatable bonds is 3. The van der Waals surface area contributed by atoms with E-state index in [-0.39, 0.29) is 4.47 Å². The third-order valence-electron chi connectivity index (χ3n) is 4.00. The van der Waals surface area contributed by atoms with Crippen LogP contribution >= 0.6 is 15.9 Å². The Hall–Kier alpha value is -0.530. The molecule has 21 heavy (non-hydrogen) atoms. The average Bonchev–Trinajstić information content (AvgIpc) is 2.37. The van der Waals surface area contributed by atoms with Crippen LogP contribution in [0.1, 0.15) is 26.7 Å². The molecule has 2 rings (SSSR count). The maximum Gasteiger partial charge on any atom is 0.247 e. The van der Waals surface area contributed by atoms with E-state index in [4.69, 9.17) is 0 Å². The summed E-state index contributed by atoms with van der Waals surface area (Å²) in [6.45, 7) is 4.97. The zero-order valence-electron chi connectivity index (χ0n) is 11.9. The first-order valence-electron chi connectivity index (χ1n) is 6.88. The predicted octanol–water partition coefficient (Wildman–Crippen LogP) is 3.78. The molecule has 0 aliphatic carbocycles. The molecule has 1 aromatic rings. The zero-order chi connectivity index (χ0) is 15.8. The minimum absolute atomic E-state index is 0.0778. The molecule has 0 spiro atoms. The van der Waals surface area contributed by atoms with Gasteiger partial charge < -0.3 is 0 Å². The number of hydrogen-bond donors (Lipinski definition) is 0. The van der Waals surface area contributed by atoms with Gasteiger partial charge in [0.15, 0.2) is 0 Å². The molecule has 0 aromatic heterocycles. The van der Waals surface area contributed by atoms with E-state index in [1.807, 2.05) is 0 Å². The van der Waals surface area contributed by atoms with E-state index in [0.29, 0.717) is 31.0 Å². The molecule has 1 heterocycles. The van der Waals surface area contributed by atoms with E-state index in [9.17, 15) is 17.2 Å². The molecular weight excluding hydrogens is 364 g/mol. The summed E-state index contributed by atoms with van der Waals surface area (Å²) in [5.74, 6) is -0.883. The maximum atomic E-state index is 13.9. The van der Waals surface area contributed by atoms with E-state index in [1.54, 1.807) is 0 Å². The predicted molar refractivity (Wildman–Crippen MR) is 80.4 cm³/mol. The van der Waals surface area contributed by atoms with Crippen molar-refractivity contribution >= 4 is 26.0 Å². The van der Waals surface area contributed by atoms with Crippen molar-refractivity contribution in [1.82, 2.24) is 4.31 Å². The van der Waals surface area contributed by atoms with Crippen LogP contribution < -0.4 is 0 Å². The van der Waals surface area contributed by atoms with Gasteiger partial charge in [0, 0.05) is 23.6 Å². The highest BCUT2D eigenvalue weighted by atomic mass is 79.9. The zero-order valence-corrected chi connectivity index (χ0v) is 14.3. The molecule has 0 radical (unpaired) electrons. The Bertz CT molecular complexity index is 603. The van der Waals surface area contributed by atoms with Gasteiger partial charge in [-0.15, -0.1) is 0 Å². The first-order valence-corrected chi connectivity index (χ1v) is 9.11. The fourth-order valence-electron chi connectivity index (χ4n) is 2.69. The second-order valence-electron chi connectivity index (χ2n) is 5.68. The number of benzene rings is 1. The average molecular weight is 382 g/mol. The number of hydrogen-bond acceptors (Lipinski definition) is 2. The Morgan fingerprint density at radius 2 is 1.81 bits per heavy atom. The van der Waals surface area contributed by atoms with Crippen molar-refractivity contribution in [2.45, 2.75) is 31.6 Å². The number of nitrogens with zero attached hydrogens (tertiary/aromatic N) is 1. The topological polar surface area (TPSA) is 37.4 Å². The van der Waals surface area contributed by atoms with E-state index >= 15 is 0 Å². The van der Waals surface area contributed by atoms with Crippen LogP contribution in [0.3, 0.4) is 0 Å². The molecule has 1 saturated heterocycles. The lowest BCUT2D eigenvalue weighted by molar-refractivity contribution is 0.226. The summed E-state index contributed by atoms with van der Waals surface area (Å²) >= 11 is 2.95. The Morgan fingerprint density at radius 1 is 1.24 bits per heavy atom. The first kappa shape index (κ1) is 16.8. The van der Waals surface area contributed by atoms with Crippen molar-refractivity contribution < 1.29 is 17.2 Å². The number of halogens is 3. The van der Waals surface area contributed by atoms with Gasteiger partial charge in [-0.2, -0.15) is 4.31 Å². The minimum Gasteiger partial charge on any atom is -0.207 e. The van der Waals surface area contributed by atoms with Gasteiger partial charge in [-0.25, -0.2) is 17.2 Å². The molecule has 0 saturated carbocycles. The SMILES string of the molecule is CC(C)C1CCN(S(=O)(=O)c2c(F)cc(F)cc2Br)CC1. The summed E-state index contributed by atoms with van der Waals surface area (Å²) in [6, 6.07) is 1.56. The monoisotopic (exact) mass is 381 g/mol. The molecule has 0 atom stereocenters. The molecule has 0 N–H and O–H groups in total. The lowest BCUT2D eigenvalue weighted by Crippen LogP contribution is -2.39. The van der Waals surface area contributed by atoms with Crippen LogP contribution in [0, 0.1) is 23.5 Å². The Balaban J connectivity index is 2.28. The Morgan fingerprint density at radius 3 is 2.29 bits per heavy atom. The van der Waals surface area contributed by atoms with Gasteiger partial charge in [-0.3, -0.25) is 0 Å². The molecule has 118 valence electrons. The van der Waals surface area contributed by atoms with Gasteiger partial charge in [0.2, 0.25) is 10.0 Å². The lowest BCUT2D eigenvalue weighted by atomic mass is 9.87. The molecule has 0 bridgehead atoms. The lowest BCUT2D eigenvalue weighted by Gasteiger charge is -2.33. The van der Waals surface area contributed by atoms with Crippen molar-refractivity contribution in [1.29, 1.82) is 0 Å². The second kappa shape index (κ2) is 6.30. The van der Waals surface area contributed by atoms with E-state index < -0.39 is 26.6 Å². The summed E-state index contributed by atoms with van der Waals surface area (Å²) in [7, 11) is -3.94. The second-order valence-corrected chi connectivity index (χ2v) is 8.41. The fourth-order valence-corrected chi connectivity index (χ4v) is 5.27. The van der Waals surface area contributed by atoms with Gasteiger partial charge in [0.1, 0.15) is 16.5 Å². The van der Waals surface area contributed by atoms with Crippen molar-refractivity contribution in [2.24, 2.45) is 11.8 Å². The summed E-state index contributed by atoms with van der Waals surface area (Å²) in [5.41, 5.74) is 0. The van der Waals surface area contributed by atoms with Gasteiger partial charge in [-0.1, -0.05) is 13.8 Å². The molecular formula is C14H18BrF2NO2S. The van der Waals surface area contributed by atoms with E-state index in [1.165, 1.54) is 4.31 Å². The van der Waals surface area contributed by atoms with Crippen LogP contribution in [0.5, 0.6) is 0 Å². The summed E-state index contributed by atoms with van der Waals surface area (Å²) in [5, 5.41) is 0. The molecule has 7 heteroatoms. The normalized spacial score (nSPS) is 18.4. The Kier molecular flexibility index (Phi) is 5.05. The van der Waals surface area contributed by atoms with Gasteiger partial charge >= 0.3 is 0 Å². The maximum absolute atomic E-state index is 13.9. The van der Waals surface area contributed by atoms with Crippen molar-refractivity contribution in [2.75, 3.05) is 13.1 Å². The number of piperidine rings is 1. The first-order chi connectivity index (χ1) is 9.73. The third kappa shape index (κ3) is 3.46. The molecule has 0 amide bonds. The molecule has 1 aromatic carbocycles. The quantitative estimate of drug-likeness (QED) is 0.798. The van der Waals surface area contributed by atoms with Crippen molar-refractivity contribution in [3.8, 4) is 0 Å². The highest BCUT2D eigenvalue weighted by Gasteiger charge is 2.33. The third-order valence-corrected chi connectivity index (χ3v) is 6.87. The highest BCUT2D eigenvalue weighted by Crippen LogP contribution is 2.32. The smallest absolute Gasteiger partial charge is 0.207 e. The minimum atomic E-state index is -3.94. The van der Waals surface area contributed by atoms with Crippen LogP contribution in [0.2, 0.25) is 0 Å².